The van der Waals surface area contributed by atoms with Gasteiger partial charge in [0.2, 0.25) is 0 Å². The molecule has 0 bridgehead atoms. The Morgan fingerprint density at radius 2 is 2.00 bits per heavy atom. The van der Waals surface area contributed by atoms with E-state index >= 15 is 0 Å². The Kier molecular flexibility index (Phi) is 5.64. The highest BCUT2D eigenvalue weighted by Crippen LogP contribution is 2.22. The fraction of sp³-hybridized carbons (Fsp3) is 0.600. The molecular weight excluding hydrogens is 254 g/mol. The number of phenols is 1. The molecule has 2 N–H and O–H groups in total. The molecule has 1 aromatic rings. The van der Waals surface area contributed by atoms with Gasteiger partial charge in [-0.05, 0) is 25.2 Å². The molecule has 1 aliphatic rings. The Balaban J connectivity index is 1.70. The summed E-state index contributed by atoms with van der Waals surface area (Å²) in [5, 5.41) is 13.2. The average molecular weight is 279 g/mol. The maximum atomic E-state index is 9.80. The number of rotatable bonds is 6. The Bertz CT molecular complexity index is 418. The Labute approximate surface area is 121 Å². The molecular formula is C15H25N3O2. The topological polar surface area (TPSA) is 48.0 Å². The highest BCUT2D eigenvalue weighted by Gasteiger charge is 2.12. The molecule has 1 fully saturated rings. The minimum Gasteiger partial charge on any atom is -0.508 e. The molecule has 112 valence electrons. The number of aromatic hydroxyl groups is 1. The minimum absolute atomic E-state index is 0.317. The third-order valence-electron chi connectivity index (χ3n) is 3.80. The maximum Gasteiger partial charge on any atom is 0.120 e. The molecule has 1 saturated heterocycles. The molecule has 5 heteroatoms. The van der Waals surface area contributed by atoms with E-state index in [0.29, 0.717) is 12.3 Å². The van der Waals surface area contributed by atoms with Gasteiger partial charge in [0.1, 0.15) is 11.5 Å². The molecule has 0 spiro atoms. The monoisotopic (exact) mass is 279 g/mol. The SMILES string of the molecule is COc1ccc(O)c(CNCCN2CCN(C)CC2)c1. The van der Waals surface area contributed by atoms with Crippen LogP contribution in [0.25, 0.3) is 0 Å². The van der Waals surface area contributed by atoms with E-state index in [1.807, 2.05) is 6.07 Å². The first-order valence-corrected chi connectivity index (χ1v) is 7.16. The van der Waals surface area contributed by atoms with Crippen LogP contribution in [0.2, 0.25) is 0 Å². The third-order valence-corrected chi connectivity index (χ3v) is 3.80. The van der Waals surface area contributed by atoms with Gasteiger partial charge in [-0.2, -0.15) is 0 Å². The molecule has 0 unspecified atom stereocenters. The van der Waals surface area contributed by atoms with Crippen molar-refractivity contribution < 1.29 is 9.84 Å². The number of methoxy groups -OCH3 is 1. The van der Waals surface area contributed by atoms with Crippen molar-refractivity contribution in [2.45, 2.75) is 6.54 Å². The van der Waals surface area contributed by atoms with Gasteiger partial charge < -0.3 is 20.1 Å². The molecule has 0 radical (unpaired) electrons. The van der Waals surface area contributed by atoms with Crippen molar-refractivity contribution in [3.05, 3.63) is 23.8 Å². The summed E-state index contributed by atoms with van der Waals surface area (Å²) in [5.74, 6) is 1.09. The van der Waals surface area contributed by atoms with E-state index in [1.54, 1.807) is 19.2 Å². The lowest BCUT2D eigenvalue weighted by Gasteiger charge is -2.32. The van der Waals surface area contributed by atoms with Crippen molar-refractivity contribution in [1.29, 1.82) is 0 Å². The van der Waals surface area contributed by atoms with E-state index in [2.05, 4.69) is 22.2 Å². The number of likely N-dealkylation sites (N-methyl/N-ethyl adjacent to an activating group) is 1. The van der Waals surface area contributed by atoms with Gasteiger partial charge in [-0.1, -0.05) is 0 Å². The summed E-state index contributed by atoms with van der Waals surface area (Å²) in [6.45, 7) is 7.23. The van der Waals surface area contributed by atoms with Crippen molar-refractivity contribution in [2.24, 2.45) is 0 Å². The van der Waals surface area contributed by atoms with E-state index in [4.69, 9.17) is 4.74 Å². The zero-order chi connectivity index (χ0) is 14.4. The number of benzene rings is 1. The third kappa shape index (κ3) is 4.37. The van der Waals surface area contributed by atoms with Crippen LogP contribution >= 0.6 is 0 Å². The summed E-state index contributed by atoms with van der Waals surface area (Å²) < 4.78 is 5.17. The van der Waals surface area contributed by atoms with Gasteiger partial charge in [0, 0.05) is 51.4 Å². The number of nitrogens with zero attached hydrogens (tertiary/aromatic N) is 2. The average Bonchev–Trinajstić information content (AvgIpc) is 2.47. The number of nitrogens with one attached hydrogen (secondary N) is 1. The maximum absolute atomic E-state index is 9.80. The van der Waals surface area contributed by atoms with Crippen molar-refractivity contribution in [2.75, 3.05) is 53.4 Å². The fourth-order valence-electron chi connectivity index (χ4n) is 2.36. The number of piperazine rings is 1. The zero-order valence-corrected chi connectivity index (χ0v) is 12.4. The summed E-state index contributed by atoms with van der Waals surface area (Å²) in [6, 6.07) is 5.32. The molecule has 0 aromatic heterocycles. The molecule has 0 aliphatic carbocycles. The van der Waals surface area contributed by atoms with Crippen LogP contribution in [-0.4, -0.2) is 68.3 Å². The molecule has 2 rings (SSSR count). The molecule has 5 nitrogen and oxygen atoms in total. The quantitative estimate of drug-likeness (QED) is 0.752. The lowest BCUT2D eigenvalue weighted by molar-refractivity contribution is 0.154. The summed E-state index contributed by atoms with van der Waals surface area (Å²) >= 11 is 0. The molecule has 0 atom stereocenters. The van der Waals surface area contributed by atoms with Crippen LogP contribution in [-0.2, 0) is 6.54 Å². The Morgan fingerprint density at radius 3 is 2.70 bits per heavy atom. The minimum atomic E-state index is 0.317. The summed E-state index contributed by atoms with van der Waals surface area (Å²) in [7, 11) is 3.80. The van der Waals surface area contributed by atoms with Crippen molar-refractivity contribution >= 4 is 0 Å². The van der Waals surface area contributed by atoms with E-state index in [0.717, 1.165) is 50.6 Å². The standard InChI is InChI=1S/C15H25N3O2/c1-17-7-9-18(10-8-17)6-5-16-12-13-11-14(20-2)3-4-15(13)19/h3-4,11,16,19H,5-10,12H2,1-2H3. The van der Waals surface area contributed by atoms with Gasteiger partial charge in [0.05, 0.1) is 7.11 Å². The normalized spacial score (nSPS) is 17.3. The van der Waals surface area contributed by atoms with Crippen molar-refractivity contribution in [3.63, 3.8) is 0 Å². The Hall–Kier alpha value is -1.30. The lowest BCUT2D eigenvalue weighted by Crippen LogP contribution is -2.46. The van der Waals surface area contributed by atoms with Crippen LogP contribution in [0.4, 0.5) is 0 Å². The molecule has 20 heavy (non-hydrogen) atoms. The van der Waals surface area contributed by atoms with Gasteiger partial charge in [0.15, 0.2) is 0 Å². The molecule has 1 heterocycles. The van der Waals surface area contributed by atoms with E-state index < -0.39 is 0 Å². The number of phenolic OH excluding ortho intramolecular Hbond substituents is 1. The van der Waals surface area contributed by atoms with Gasteiger partial charge in [-0.3, -0.25) is 4.90 Å². The first-order chi connectivity index (χ1) is 9.69. The summed E-state index contributed by atoms with van der Waals surface area (Å²) in [4.78, 5) is 4.83. The molecule has 0 saturated carbocycles. The second-order valence-electron chi connectivity index (χ2n) is 5.32. The number of hydrogen-bond acceptors (Lipinski definition) is 5. The number of hydrogen-bond donors (Lipinski definition) is 2. The predicted octanol–water partition coefficient (Wildman–Crippen LogP) is 0.738. The van der Waals surface area contributed by atoms with Gasteiger partial charge in [-0.25, -0.2) is 0 Å². The van der Waals surface area contributed by atoms with Crippen molar-refractivity contribution in [1.82, 2.24) is 15.1 Å². The van der Waals surface area contributed by atoms with Crippen LogP contribution in [0, 0.1) is 0 Å². The largest absolute Gasteiger partial charge is 0.508 e. The van der Waals surface area contributed by atoms with Crippen molar-refractivity contribution in [3.8, 4) is 11.5 Å². The van der Waals surface area contributed by atoms with Crippen LogP contribution in [0.15, 0.2) is 18.2 Å². The van der Waals surface area contributed by atoms with Gasteiger partial charge >= 0.3 is 0 Å². The second kappa shape index (κ2) is 7.47. The summed E-state index contributed by atoms with van der Waals surface area (Å²) in [6.07, 6.45) is 0. The van der Waals surface area contributed by atoms with E-state index in [1.165, 1.54) is 0 Å². The van der Waals surface area contributed by atoms with E-state index in [-0.39, 0.29) is 0 Å². The van der Waals surface area contributed by atoms with Crippen LogP contribution in [0.5, 0.6) is 11.5 Å². The Morgan fingerprint density at radius 1 is 1.25 bits per heavy atom. The second-order valence-corrected chi connectivity index (χ2v) is 5.32. The highest BCUT2D eigenvalue weighted by molar-refractivity contribution is 5.39. The first kappa shape index (κ1) is 15.1. The summed E-state index contributed by atoms with van der Waals surface area (Å²) in [5.41, 5.74) is 0.878. The molecule has 0 amide bonds. The van der Waals surface area contributed by atoms with Gasteiger partial charge in [-0.15, -0.1) is 0 Å². The van der Waals surface area contributed by atoms with E-state index in [9.17, 15) is 5.11 Å². The van der Waals surface area contributed by atoms with Crippen LogP contribution in [0.3, 0.4) is 0 Å². The number of ether oxygens (including phenoxy) is 1. The predicted molar refractivity (Wildman–Crippen MR) is 80.3 cm³/mol. The highest BCUT2D eigenvalue weighted by atomic mass is 16.5. The fourth-order valence-corrected chi connectivity index (χ4v) is 2.36. The smallest absolute Gasteiger partial charge is 0.120 e. The zero-order valence-electron chi connectivity index (χ0n) is 12.4. The molecule has 1 aliphatic heterocycles. The lowest BCUT2D eigenvalue weighted by atomic mass is 10.2. The van der Waals surface area contributed by atoms with Gasteiger partial charge in [0.25, 0.3) is 0 Å². The molecule has 1 aromatic carbocycles. The van der Waals surface area contributed by atoms with Crippen LogP contribution < -0.4 is 10.1 Å². The van der Waals surface area contributed by atoms with Crippen LogP contribution in [0.1, 0.15) is 5.56 Å². The first-order valence-electron chi connectivity index (χ1n) is 7.16.